The Morgan fingerprint density at radius 2 is 2.41 bits per heavy atom. The predicted octanol–water partition coefficient (Wildman–Crippen LogP) is 3.48. The molecule has 0 amide bonds. The van der Waals surface area contributed by atoms with Crippen LogP contribution in [0, 0.1) is 5.92 Å². The second-order valence-electron chi connectivity index (χ2n) is 4.76. The van der Waals surface area contributed by atoms with Gasteiger partial charge in [-0.2, -0.15) is 0 Å². The lowest BCUT2D eigenvalue weighted by Gasteiger charge is -2.09. The molecule has 17 heavy (non-hydrogen) atoms. The van der Waals surface area contributed by atoms with Gasteiger partial charge in [0.05, 0.1) is 21.6 Å². The van der Waals surface area contributed by atoms with Crippen LogP contribution in [0.2, 0.25) is 0 Å². The van der Waals surface area contributed by atoms with Crippen LogP contribution in [0.15, 0.2) is 17.6 Å². The fourth-order valence-corrected chi connectivity index (χ4v) is 3.08. The molecule has 0 spiro atoms. The highest BCUT2D eigenvalue weighted by Crippen LogP contribution is 2.39. The summed E-state index contributed by atoms with van der Waals surface area (Å²) in [4.78, 5) is 4.32. The first kappa shape index (κ1) is 10.8. The molecule has 90 valence electrons. The number of fused-ring (bicyclic) bond motifs is 1. The van der Waals surface area contributed by atoms with Crippen molar-refractivity contribution in [3.05, 3.63) is 17.6 Å². The third kappa shape index (κ3) is 1.97. The van der Waals surface area contributed by atoms with Crippen LogP contribution in [0.5, 0.6) is 0 Å². The summed E-state index contributed by atoms with van der Waals surface area (Å²) >= 11 is 1.63. The number of aromatic nitrogens is 1. The fraction of sp³-hybridized carbons (Fsp3) is 0.462. The van der Waals surface area contributed by atoms with Gasteiger partial charge in [-0.25, -0.2) is 4.98 Å². The van der Waals surface area contributed by atoms with Crippen LogP contribution in [-0.4, -0.2) is 11.0 Å². The first-order valence-electron chi connectivity index (χ1n) is 6.17. The molecular formula is C13H17N3S. The highest BCUT2D eigenvalue weighted by atomic mass is 32.1. The zero-order valence-electron chi connectivity index (χ0n) is 9.94. The Kier molecular flexibility index (Phi) is 2.67. The smallest absolute Gasteiger partial charge is 0.106 e. The average Bonchev–Trinajstić information content (AvgIpc) is 2.88. The Balaban J connectivity index is 1.79. The molecule has 2 unspecified atom stereocenters. The van der Waals surface area contributed by atoms with Gasteiger partial charge in [0.15, 0.2) is 0 Å². The normalized spacial score (nSPS) is 22.9. The number of nitrogens with one attached hydrogen (secondary N) is 1. The van der Waals surface area contributed by atoms with Crippen molar-refractivity contribution in [3.8, 4) is 0 Å². The highest BCUT2D eigenvalue weighted by Gasteiger charge is 2.36. The zero-order chi connectivity index (χ0) is 11.8. The van der Waals surface area contributed by atoms with Crippen molar-refractivity contribution in [2.75, 3.05) is 11.1 Å². The van der Waals surface area contributed by atoms with E-state index < -0.39 is 0 Å². The largest absolute Gasteiger partial charge is 0.395 e. The highest BCUT2D eigenvalue weighted by molar-refractivity contribution is 7.16. The summed E-state index contributed by atoms with van der Waals surface area (Å²) in [5.41, 5.74) is 10.8. The van der Waals surface area contributed by atoms with Crippen LogP contribution in [0.1, 0.15) is 26.2 Å². The quantitative estimate of drug-likeness (QED) is 0.813. The van der Waals surface area contributed by atoms with E-state index in [0.717, 1.165) is 27.5 Å². The van der Waals surface area contributed by atoms with E-state index in [0.29, 0.717) is 6.04 Å². The molecule has 1 aromatic carbocycles. The number of hydrogen-bond acceptors (Lipinski definition) is 4. The molecule has 3 N–H and O–H groups in total. The summed E-state index contributed by atoms with van der Waals surface area (Å²) in [6.07, 6.45) is 3.86. The van der Waals surface area contributed by atoms with E-state index >= 15 is 0 Å². The lowest BCUT2D eigenvalue weighted by molar-refractivity contribution is 0.693. The van der Waals surface area contributed by atoms with Gasteiger partial charge in [0.2, 0.25) is 0 Å². The van der Waals surface area contributed by atoms with E-state index in [4.69, 9.17) is 5.73 Å². The summed E-state index contributed by atoms with van der Waals surface area (Å²) in [5.74, 6) is 0.838. The van der Waals surface area contributed by atoms with Gasteiger partial charge < -0.3 is 11.1 Å². The van der Waals surface area contributed by atoms with Crippen molar-refractivity contribution in [2.45, 2.75) is 32.2 Å². The van der Waals surface area contributed by atoms with Gasteiger partial charge in [0.1, 0.15) is 5.52 Å². The molecule has 2 aromatic rings. The van der Waals surface area contributed by atoms with Crippen molar-refractivity contribution in [2.24, 2.45) is 5.92 Å². The molecule has 0 bridgehead atoms. The van der Waals surface area contributed by atoms with Crippen LogP contribution < -0.4 is 11.1 Å². The van der Waals surface area contributed by atoms with E-state index in [1.807, 2.05) is 5.51 Å². The van der Waals surface area contributed by atoms with Gasteiger partial charge in [-0.05, 0) is 30.9 Å². The number of thiazole rings is 1. The zero-order valence-corrected chi connectivity index (χ0v) is 10.8. The minimum atomic E-state index is 0.619. The number of rotatable bonds is 4. The Labute approximate surface area is 105 Å². The maximum Gasteiger partial charge on any atom is 0.106 e. The molecule has 2 atom stereocenters. The lowest BCUT2D eigenvalue weighted by Crippen LogP contribution is -2.07. The van der Waals surface area contributed by atoms with E-state index in [9.17, 15) is 0 Å². The molecule has 4 heteroatoms. The maximum atomic E-state index is 6.14. The Bertz CT molecular complexity index is 534. The Hall–Kier alpha value is -1.29. The number of hydrogen-bond donors (Lipinski definition) is 2. The summed E-state index contributed by atoms with van der Waals surface area (Å²) in [5, 5.41) is 3.54. The monoisotopic (exact) mass is 247 g/mol. The van der Waals surface area contributed by atoms with E-state index in [-0.39, 0.29) is 0 Å². The topological polar surface area (TPSA) is 50.9 Å². The predicted molar refractivity (Wildman–Crippen MR) is 74.5 cm³/mol. The number of nitrogens with zero attached hydrogens (tertiary/aromatic N) is 1. The van der Waals surface area contributed by atoms with Gasteiger partial charge in [-0.1, -0.05) is 13.3 Å². The first-order chi connectivity index (χ1) is 8.29. The minimum absolute atomic E-state index is 0.619. The molecular weight excluding hydrogens is 230 g/mol. The van der Waals surface area contributed by atoms with Gasteiger partial charge >= 0.3 is 0 Å². The molecule has 3 nitrogen and oxygen atoms in total. The molecule has 1 heterocycles. The molecule has 0 radical (unpaired) electrons. The van der Waals surface area contributed by atoms with E-state index in [1.54, 1.807) is 11.3 Å². The van der Waals surface area contributed by atoms with Crippen molar-refractivity contribution in [1.82, 2.24) is 4.98 Å². The van der Waals surface area contributed by atoms with Crippen LogP contribution in [0.25, 0.3) is 10.2 Å². The first-order valence-corrected chi connectivity index (χ1v) is 7.05. The lowest BCUT2D eigenvalue weighted by atomic mass is 10.2. The summed E-state index contributed by atoms with van der Waals surface area (Å²) in [7, 11) is 0. The van der Waals surface area contributed by atoms with Gasteiger partial charge in [0.25, 0.3) is 0 Å². The standard InChI is InChI=1S/C13H17N3S/c1-2-3-8-6-10(8)16-9-4-5-11-13(12(9)14)15-7-17-11/h4-5,7-8,10,16H,2-3,6,14H2,1H3. The van der Waals surface area contributed by atoms with Crippen LogP contribution in [-0.2, 0) is 0 Å². The van der Waals surface area contributed by atoms with Gasteiger partial charge in [0, 0.05) is 6.04 Å². The second kappa shape index (κ2) is 4.18. The van der Waals surface area contributed by atoms with Crippen LogP contribution in [0.4, 0.5) is 11.4 Å². The van der Waals surface area contributed by atoms with Gasteiger partial charge in [-0.15, -0.1) is 11.3 Å². The van der Waals surface area contributed by atoms with E-state index in [1.165, 1.54) is 19.3 Å². The molecule has 1 aliphatic rings. The number of benzene rings is 1. The Morgan fingerprint density at radius 3 is 3.24 bits per heavy atom. The molecule has 1 aromatic heterocycles. The number of nitrogens with two attached hydrogens (primary N) is 1. The molecule has 0 aliphatic heterocycles. The Morgan fingerprint density at radius 1 is 1.53 bits per heavy atom. The van der Waals surface area contributed by atoms with Crippen LogP contribution in [0.3, 0.4) is 0 Å². The van der Waals surface area contributed by atoms with Gasteiger partial charge in [-0.3, -0.25) is 0 Å². The second-order valence-corrected chi connectivity index (χ2v) is 5.65. The van der Waals surface area contributed by atoms with Crippen LogP contribution >= 0.6 is 11.3 Å². The molecule has 0 saturated heterocycles. The minimum Gasteiger partial charge on any atom is -0.395 e. The summed E-state index contributed by atoms with van der Waals surface area (Å²) in [6.45, 7) is 2.24. The fourth-order valence-electron chi connectivity index (χ4n) is 2.39. The van der Waals surface area contributed by atoms with Crippen molar-refractivity contribution in [1.29, 1.82) is 0 Å². The molecule has 1 fully saturated rings. The number of nitrogen functional groups attached to an aromatic ring is 1. The third-order valence-corrected chi connectivity index (χ3v) is 4.26. The van der Waals surface area contributed by atoms with Crippen molar-refractivity contribution in [3.63, 3.8) is 0 Å². The molecule has 1 aliphatic carbocycles. The SMILES string of the molecule is CCCC1CC1Nc1ccc2scnc2c1N. The van der Waals surface area contributed by atoms with E-state index in [2.05, 4.69) is 29.4 Å². The van der Waals surface area contributed by atoms with Crippen molar-refractivity contribution < 1.29 is 0 Å². The molecule has 1 saturated carbocycles. The number of anilines is 2. The summed E-state index contributed by atoms with van der Waals surface area (Å²) < 4.78 is 1.16. The maximum absolute atomic E-state index is 6.14. The third-order valence-electron chi connectivity index (χ3n) is 3.46. The summed E-state index contributed by atoms with van der Waals surface area (Å²) in [6, 6.07) is 4.80. The average molecular weight is 247 g/mol. The van der Waals surface area contributed by atoms with Crippen molar-refractivity contribution >= 4 is 32.9 Å². The molecule has 3 rings (SSSR count).